The average Bonchev–Trinajstić information content (AvgIpc) is 2.15. The van der Waals surface area contributed by atoms with Gasteiger partial charge in [0.1, 0.15) is 4.90 Å². The van der Waals surface area contributed by atoms with Gasteiger partial charge in [-0.05, 0) is 24.8 Å². The number of aromatic nitrogens is 1. The van der Waals surface area contributed by atoms with Gasteiger partial charge in [0.05, 0.1) is 5.02 Å². The van der Waals surface area contributed by atoms with E-state index in [4.69, 9.17) is 11.6 Å². The highest BCUT2D eigenvalue weighted by Crippen LogP contribution is 2.26. The van der Waals surface area contributed by atoms with Crippen LogP contribution >= 0.6 is 11.6 Å². The lowest BCUT2D eigenvalue weighted by molar-refractivity contribution is 0.316. The van der Waals surface area contributed by atoms with Crippen LogP contribution in [0.1, 0.15) is 19.3 Å². The van der Waals surface area contributed by atoms with Crippen molar-refractivity contribution in [3.63, 3.8) is 0 Å². The molecule has 1 aromatic rings. The predicted molar refractivity (Wildman–Crippen MR) is 61.8 cm³/mol. The Morgan fingerprint density at radius 1 is 1.50 bits per heavy atom. The van der Waals surface area contributed by atoms with Crippen LogP contribution in [0.25, 0.3) is 0 Å². The normalized spacial score (nSPS) is 17.1. The number of nitrogens with one attached hydrogen (secondary N) is 1. The fourth-order valence-corrected chi connectivity index (χ4v) is 3.11. The van der Waals surface area contributed by atoms with Crippen LogP contribution in [0.3, 0.4) is 0 Å². The van der Waals surface area contributed by atoms with Crippen molar-refractivity contribution in [2.45, 2.75) is 24.2 Å². The quantitative estimate of drug-likeness (QED) is 0.898. The van der Waals surface area contributed by atoms with Crippen molar-refractivity contribution >= 4 is 21.6 Å². The summed E-state index contributed by atoms with van der Waals surface area (Å²) in [6.07, 6.45) is 6.13. The van der Waals surface area contributed by atoms with Gasteiger partial charge in [-0.1, -0.05) is 18.0 Å². The molecule has 1 aliphatic rings. The van der Waals surface area contributed by atoms with E-state index in [-0.39, 0.29) is 9.92 Å². The average molecular weight is 261 g/mol. The molecule has 0 amide bonds. The van der Waals surface area contributed by atoms with E-state index >= 15 is 0 Å². The van der Waals surface area contributed by atoms with Crippen molar-refractivity contribution in [1.82, 2.24) is 9.71 Å². The minimum Gasteiger partial charge on any atom is -0.263 e. The Morgan fingerprint density at radius 3 is 2.81 bits per heavy atom. The van der Waals surface area contributed by atoms with Crippen molar-refractivity contribution in [2.75, 3.05) is 6.54 Å². The van der Waals surface area contributed by atoms with Gasteiger partial charge in [0.2, 0.25) is 10.0 Å². The van der Waals surface area contributed by atoms with Crippen molar-refractivity contribution in [3.8, 4) is 0 Å². The van der Waals surface area contributed by atoms with Crippen molar-refractivity contribution in [3.05, 3.63) is 23.5 Å². The van der Waals surface area contributed by atoms with Crippen LogP contribution in [-0.4, -0.2) is 19.9 Å². The topological polar surface area (TPSA) is 59.1 Å². The lowest BCUT2D eigenvalue weighted by atomic mass is 9.86. The summed E-state index contributed by atoms with van der Waals surface area (Å²) < 4.78 is 26.3. The molecule has 0 spiro atoms. The first kappa shape index (κ1) is 11.8. The molecule has 1 aliphatic carbocycles. The van der Waals surface area contributed by atoms with E-state index in [1.807, 2.05) is 0 Å². The molecule has 0 unspecified atom stereocenters. The maximum atomic E-state index is 11.9. The molecule has 88 valence electrons. The minimum atomic E-state index is -3.51. The van der Waals surface area contributed by atoms with Crippen molar-refractivity contribution in [1.29, 1.82) is 0 Å². The number of hydrogen-bond donors (Lipinski definition) is 1. The van der Waals surface area contributed by atoms with Crippen LogP contribution in [0, 0.1) is 5.92 Å². The summed E-state index contributed by atoms with van der Waals surface area (Å²) in [6, 6.07) is 1.47. The number of nitrogens with zero attached hydrogens (tertiary/aromatic N) is 1. The molecular weight excluding hydrogens is 248 g/mol. The molecule has 0 radical (unpaired) electrons. The number of rotatable bonds is 4. The molecule has 1 saturated carbocycles. The van der Waals surface area contributed by atoms with Crippen LogP contribution in [0.15, 0.2) is 23.4 Å². The number of hydrogen-bond acceptors (Lipinski definition) is 3. The van der Waals surface area contributed by atoms with Crippen LogP contribution in [0.5, 0.6) is 0 Å². The first-order chi connectivity index (χ1) is 7.59. The molecule has 1 fully saturated rings. The Labute approximate surface area is 100 Å². The number of halogens is 1. The smallest absolute Gasteiger partial charge is 0.243 e. The van der Waals surface area contributed by atoms with Crippen molar-refractivity contribution < 1.29 is 8.42 Å². The van der Waals surface area contributed by atoms with E-state index in [0.29, 0.717) is 12.5 Å². The van der Waals surface area contributed by atoms with Gasteiger partial charge < -0.3 is 0 Å². The lowest BCUT2D eigenvalue weighted by Gasteiger charge is -2.25. The van der Waals surface area contributed by atoms with Crippen LogP contribution in [0.4, 0.5) is 0 Å². The zero-order chi connectivity index (χ0) is 11.6. The van der Waals surface area contributed by atoms with Gasteiger partial charge in [0, 0.05) is 18.9 Å². The summed E-state index contributed by atoms with van der Waals surface area (Å²) in [7, 11) is -3.51. The van der Waals surface area contributed by atoms with Gasteiger partial charge in [-0.2, -0.15) is 0 Å². The van der Waals surface area contributed by atoms with Crippen LogP contribution < -0.4 is 4.72 Å². The fraction of sp³-hybridized carbons (Fsp3) is 0.500. The molecule has 4 nitrogen and oxygen atoms in total. The minimum absolute atomic E-state index is 0.0518. The third kappa shape index (κ3) is 2.53. The molecular formula is C10H13ClN2O2S. The molecule has 0 aliphatic heterocycles. The Bertz CT molecular complexity index is 471. The highest BCUT2D eigenvalue weighted by molar-refractivity contribution is 7.89. The maximum Gasteiger partial charge on any atom is 0.243 e. The Balaban J connectivity index is 2.09. The van der Waals surface area contributed by atoms with Crippen LogP contribution in [0.2, 0.25) is 5.02 Å². The maximum absolute atomic E-state index is 11.9. The fourth-order valence-electron chi connectivity index (χ4n) is 1.56. The van der Waals surface area contributed by atoms with E-state index in [1.54, 1.807) is 0 Å². The molecule has 1 heterocycles. The lowest BCUT2D eigenvalue weighted by Crippen LogP contribution is -2.32. The zero-order valence-corrected chi connectivity index (χ0v) is 10.3. The van der Waals surface area contributed by atoms with Gasteiger partial charge in [-0.25, -0.2) is 13.1 Å². The van der Waals surface area contributed by atoms with Gasteiger partial charge in [-0.3, -0.25) is 4.98 Å². The third-order valence-electron chi connectivity index (χ3n) is 2.81. The molecule has 0 saturated heterocycles. The van der Waals surface area contributed by atoms with Gasteiger partial charge in [-0.15, -0.1) is 0 Å². The third-order valence-corrected chi connectivity index (χ3v) is 4.70. The predicted octanol–water partition coefficient (Wildman–Crippen LogP) is 1.81. The van der Waals surface area contributed by atoms with E-state index in [0.717, 1.165) is 12.8 Å². The summed E-state index contributed by atoms with van der Waals surface area (Å²) in [5.41, 5.74) is 0. The van der Waals surface area contributed by atoms with E-state index < -0.39 is 10.0 Å². The zero-order valence-electron chi connectivity index (χ0n) is 8.69. The monoisotopic (exact) mass is 260 g/mol. The first-order valence-electron chi connectivity index (χ1n) is 5.19. The van der Waals surface area contributed by atoms with Gasteiger partial charge in [0.25, 0.3) is 0 Å². The molecule has 0 aromatic carbocycles. The highest BCUT2D eigenvalue weighted by Gasteiger charge is 2.22. The van der Waals surface area contributed by atoms with E-state index in [2.05, 4.69) is 9.71 Å². The number of sulfonamides is 1. The second-order valence-electron chi connectivity index (χ2n) is 3.95. The van der Waals surface area contributed by atoms with E-state index in [9.17, 15) is 8.42 Å². The molecule has 6 heteroatoms. The molecule has 0 atom stereocenters. The highest BCUT2D eigenvalue weighted by atomic mass is 35.5. The molecule has 1 aromatic heterocycles. The number of pyridine rings is 1. The summed E-state index contributed by atoms with van der Waals surface area (Å²) >= 11 is 5.81. The Hall–Kier alpha value is -0.650. The molecule has 1 N–H and O–H groups in total. The SMILES string of the molecule is O=S(=O)(NCC1CCC1)c1cnccc1Cl. The molecule has 0 bridgehead atoms. The largest absolute Gasteiger partial charge is 0.263 e. The van der Waals surface area contributed by atoms with Gasteiger partial charge >= 0.3 is 0 Å². The Morgan fingerprint density at radius 2 is 2.25 bits per heavy atom. The summed E-state index contributed by atoms with van der Waals surface area (Å²) in [5.74, 6) is 0.477. The second-order valence-corrected chi connectivity index (χ2v) is 6.10. The second kappa shape index (κ2) is 4.69. The first-order valence-corrected chi connectivity index (χ1v) is 7.05. The van der Waals surface area contributed by atoms with Crippen molar-refractivity contribution in [2.24, 2.45) is 5.92 Å². The standard InChI is InChI=1S/C10H13ClN2O2S/c11-9-4-5-12-7-10(9)16(14,15)13-6-8-2-1-3-8/h4-5,7-8,13H,1-3,6H2. The summed E-state index contributed by atoms with van der Waals surface area (Å²) in [5, 5.41) is 0.205. The van der Waals surface area contributed by atoms with E-state index in [1.165, 1.54) is 24.9 Å². The van der Waals surface area contributed by atoms with Crippen LogP contribution in [-0.2, 0) is 10.0 Å². The summed E-state index contributed by atoms with van der Waals surface area (Å²) in [6.45, 7) is 0.494. The summed E-state index contributed by atoms with van der Waals surface area (Å²) in [4.78, 5) is 3.82. The Kier molecular flexibility index (Phi) is 3.47. The molecule has 2 rings (SSSR count). The molecule has 16 heavy (non-hydrogen) atoms. The van der Waals surface area contributed by atoms with Gasteiger partial charge in [0.15, 0.2) is 0 Å².